The van der Waals surface area contributed by atoms with Crippen molar-refractivity contribution in [3.8, 4) is 0 Å². The van der Waals surface area contributed by atoms with Crippen LogP contribution in [0.3, 0.4) is 0 Å². The molecule has 2 rings (SSSR count). The number of nitrogens with two attached hydrogens (primary N) is 1. The van der Waals surface area contributed by atoms with Crippen LogP contribution in [0.5, 0.6) is 0 Å². The van der Waals surface area contributed by atoms with Crippen molar-refractivity contribution in [1.29, 1.82) is 0 Å². The molecule has 1 aliphatic rings. The molecule has 1 fully saturated rings. The van der Waals surface area contributed by atoms with E-state index >= 15 is 0 Å². The Kier molecular flexibility index (Phi) is 3.23. The topological polar surface area (TPSA) is 73.1 Å². The third-order valence-electron chi connectivity index (χ3n) is 2.26. The van der Waals surface area contributed by atoms with Crippen molar-refractivity contribution >= 4 is 23.4 Å². The summed E-state index contributed by atoms with van der Waals surface area (Å²) in [7, 11) is 0. The monoisotopic (exact) mass is 228 g/mol. The molecule has 82 valence electrons. The number of anilines is 2. The molecule has 6 heteroatoms. The Bertz CT molecular complexity index is 341. The summed E-state index contributed by atoms with van der Waals surface area (Å²) in [5, 5.41) is 3.68. The Balaban J connectivity index is 2.05. The lowest BCUT2D eigenvalue weighted by Gasteiger charge is -2.23. The fourth-order valence-electron chi connectivity index (χ4n) is 1.53. The van der Waals surface area contributed by atoms with Gasteiger partial charge in [-0.25, -0.2) is 4.98 Å². The predicted molar refractivity (Wildman–Crippen MR) is 58.9 cm³/mol. The van der Waals surface area contributed by atoms with Crippen LogP contribution in [0.4, 0.5) is 11.8 Å². The summed E-state index contributed by atoms with van der Waals surface area (Å²) in [4.78, 5) is 7.83. The van der Waals surface area contributed by atoms with Crippen molar-refractivity contribution in [2.24, 2.45) is 0 Å². The van der Waals surface area contributed by atoms with Gasteiger partial charge in [-0.3, -0.25) is 0 Å². The van der Waals surface area contributed by atoms with Gasteiger partial charge in [-0.1, -0.05) is 11.6 Å². The van der Waals surface area contributed by atoms with Gasteiger partial charge in [0.2, 0.25) is 5.95 Å². The average molecular weight is 229 g/mol. The van der Waals surface area contributed by atoms with E-state index in [2.05, 4.69) is 15.3 Å². The summed E-state index contributed by atoms with van der Waals surface area (Å²) in [6.07, 6.45) is 3.60. The first kappa shape index (κ1) is 10.4. The maximum Gasteiger partial charge on any atom is 0.222 e. The minimum absolute atomic E-state index is 0.221. The first-order chi connectivity index (χ1) is 7.25. The van der Waals surface area contributed by atoms with Crippen LogP contribution in [0.15, 0.2) is 6.20 Å². The number of hydrogen-bond acceptors (Lipinski definition) is 5. The van der Waals surface area contributed by atoms with Crippen LogP contribution in [-0.4, -0.2) is 29.2 Å². The highest BCUT2D eigenvalue weighted by atomic mass is 35.5. The van der Waals surface area contributed by atoms with E-state index in [-0.39, 0.29) is 12.0 Å². The maximum absolute atomic E-state index is 5.93. The number of rotatable bonds is 2. The van der Waals surface area contributed by atoms with Crippen molar-refractivity contribution in [1.82, 2.24) is 9.97 Å². The first-order valence-electron chi connectivity index (χ1n) is 4.88. The van der Waals surface area contributed by atoms with Crippen LogP contribution in [0.2, 0.25) is 5.02 Å². The molecule has 5 nitrogen and oxygen atoms in total. The van der Waals surface area contributed by atoms with E-state index in [1.807, 2.05) is 0 Å². The molecule has 0 bridgehead atoms. The lowest BCUT2D eigenvalue weighted by atomic mass is 10.1. The molecule has 0 saturated carbocycles. The second kappa shape index (κ2) is 4.63. The molecular weight excluding hydrogens is 216 g/mol. The van der Waals surface area contributed by atoms with Crippen LogP contribution < -0.4 is 11.1 Å². The van der Waals surface area contributed by atoms with Crippen LogP contribution in [0.25, 0.3) is 0 Å². The molecule has 1 aromatic rings. The van der Waals surface area contributed by atoms with Gasteiger partial charge in [0.05, 0.1) is 18.8 Å². The highest BCUT2D eigenvalue weighted by Gasteiger charge is 2.15. The van der Waals surface area contributed by atoms with Gasteiger partial charge in [0.25, 0.3) is 0 Å². The largest absolute Gasteiger partial charge is 0.379 e. The Labute approximate surface area is 93.0 Å². The summed E-state index contributed by atoms with van der Waals surface area (Å²) in [6, 6.07) is 0.255. The molecule has 1 unspecified atom stereocenters. The van der Waals surface area contributed by atoms with E-state index in [4.69, 9.17) is 22.1 Å². The SMILES string of the molecule is Nc1ncc(Cl)c(NC2CCCOC2)n1. The zero-order valence-electron chi connectivity index (χ0n) is 8.24. The van der Waals surface area contributed by atoms with Gasteiger partial charge >= 0.3 is 0 Å². The lowest BCUT2D eigenvalue weighted by Crippen LogP contribution is -2.30. The molecule has 0 amide bonds. The van der Waals surface area contributed by atoms with Gasteiger partial charge in [0.15, 0.2) is 5.82 Å². The zero-order chi connectivity index (χ0) is 10.7. The second-order valence-electron chi connectivity index (χ2n) is 3.48. The number of nitrogens with zero attached hydrogens (tertiary/aromatic N) is 2. The summed E-state index contributed by atoms with van der Waals surface area (Å²) in [6.45, 7) is 1.51. The number of nitrogen functional groups attached to an aromatic ring is 1. The highest BCUT2D eigenvalue weighted by molar-refractivity contribution is 6.32. The predicted octanol–water partition coefficient (Wildman–Crippen LogP) is 1.30. The third kappa shape index (κ3) is 2.70. The molecule has 3 N–H and O–H groups in total. The Morgan fingerprint density at radius 3 is 3.20 bits per heavy atom. The minimum Gasteiger partial charge on any atom is -0.379 e. The fourth-order valence-corrected chi connectivity index (χ4v) is 1.68. The van der Waals surface area contributed by atoms with E-state index in [0.717, 1.165) is 19.4 Å². The normalized spacial score (nSPS) is 21.3. The molecule has 1 atom stereocenters. The van der Waals surface area contributed by atoms with Crippen LogP contribution in [0, 0.1) is 0 Å². The summed E-state index contributed by atoms with van der Waals surface area (Å²) >= 11 is 5.93. The van der Waals surface area contributed by atoms with Crippen LogP contribution in [-0.2, 0) is 4.74 Å². The molecular formula is C9H13ClN4O. The first-order valence-corrected chi connectivity index (χ1v) is 5.26. The summed E-state index contributed by atoms with van der Waals surface area (Å²) in [5.41, 5.74) is 5.48. The number of nitrogens with one attached hydrogen (secondary N) is 1. The molecule has 2 heterocycles. The Hall–Kier alpha value is -1.07. The highest BCUT2D eigenvalue weighted by Crippen LogP contribution is 2.21. The van der Waals surface area contributed by atoms with Crippen LogP contribution in [0.1, 0.15) is 12.8 Å². The molecule has 0 aliphatic carbocycles. The third-order valence-corrected chi connectivity index (χ3v) is 2.54. The van der Waals surface area contributed by atoms with E-state index in [1.165, 1.54) is 6.20 Å². The summed E-state index contributed by atoms with van der Waals surface area (Å²) in [5.74, 6) is 0.804. The quantitative estimate of drug-likeness (QED) is 0.798. The van der Waals surface area contributed by atoms with Crippen molar-refractivity contribution in [3.63, 3.8) is 0 Å². The van der Waals surface area contributed by atoms with E-state index < -0.39 is 0 Å². The van der Waals surface area contributed by atoms with Gasteiger partial charge in [0.1, 0.15) is 5.02 Å². The number of aromatic nitrogens is 2. The molecule has 1 aliphatic heterocycles. The van der Waals surface area contributed by atoms with Gasteiger partial charge in [-0.05, 0) is 12.8 Å². The number of halogens is 1. The van der Waals surface area contributed by atoms with Crippen molar-refractivity contribution in [2.75, 3.05) is 24.3 Å². The zero-order valence-corrected chi connectivity index (χ0v) is 9.00. The van der Waals surface area contributed by atoms with E-state index in [0.29, 0.717) is 17.4 Å². The average Bonchev–Trinajstić information content (AvgIpc) is 2.25. The Morgan fingerprint density at radius 2 is 2.47 bits per heavy atom. The standard InChI is InChI=1S/C9H13ClN4O/c10-7-4-12-9(11)14-8(7)13-6-2-1-3-15-5-6/h4,6H,1-3,5H2,(H3,11,12,13,14). The maximum atomic E-state index is 5.93. The van der Waals surface area contributed by atoms with Crippen LogP contribution >= 0.6 is 11.6 Å². The van der Waals surface area contributed by atoms with E-state index in [1.54, 1.807) is 0 Å². The molecule has 0 radical (unpaired) electrons. The smallest absolute Gasteiger partial charge is 0.222 e. The van der Waals surface area contributed by atoms with Gasteiger partial charge < -0.3 is 15.8 Å². The van der Waals surface area contributed by atoms with Gasteiger partial charge in [-0.2, -0.15) is 4.98 Å². The molecule has 0 spiro atoms. The molecule has 15 heavy (non-hydrogen) atoms. The number of hydrogen-bond donors (Lipinski definition) is 2. The summed E-state index contributed by atoms with van der Waals surface area (Å²) < 4.78 is 5.34. The fraction of sp³-hybridized carbons (Fsp3) is 0.556. The van der Waals surface area contributed by atoms with Crippen molar-refractivity contribution in [3.05, 3.63) is 11.2 Å². The second-order valence-corrected chi connectivity index (χ2v) is 3.89. The Morgan fingerprint density at radius 1 is 1.60 bits per heavy atom. The van der Waals surface area contributed by atoms with Crippen molar-refractivity contribution < 1.29 is 4.74 Å². The minimum atomic E-state index is 0.221. The number of ether oxygens (including phenoxy) is 1. The molecule has 1 saturated heterocycles. The molecule has 0 aromatic carbocycles. The van der Waals surface area contributed by atoms with Gasteiger partial charge in [-0.15, -0.1) is 0 Å². The van der Waals surface area contributed by atoms with E-state index in [9.17, 15) is 0 Å². The lowest BCUT2D eigenvalue weighted by molar-refractivity contribution is 0.0875. The van der Waals surface area contributed by atoms with Gasteiger partial charge in [0, 0.05) is 6.61 Å². The molecule has 1 aromatic heterocycles. The van der Waals surface area contributed by atoms with Crippen molar-refractivity contribution in [2.45, 2.75) is 18.9 Å².